The van der Waals surface area contributed by atoms with Gasteiger partial charge in [-0.1, -0.05) is 51.8 Å². The minimum atomic E-state index is -3.84. The smallest absolute Gasteiger partial charge is 0.253 e. The molecule has 2 fully saturated rings. The average molecular weight is 651 g/mol. The van der Waals surface area contributed by atoms with E-state index in [-0.39, 0.29) is 21.3 Å². The van der Waals surface area contributed by atoms with E-state index in [9.17, 15) is 17.6 Å². The molecule has 0 unspecified atom stereocenters. The van der Waals surface area contributed by atoms with Gasteiger partial charge >= 0.3 is 0 Å². The molecule has 5 rings (SSSR count). The molecule has 3 aromatic rings. The Labute approximate surface area is 247 Å². The van der Waals surface area contributed by atoms with Gasteiger partial charge in [0.15, 0.2) is 0 Å². The zero-order valence-corrected chi connectivity index (χ0v) is 24.9. The number of rotatable bonds is 7. The second-order valence-electron chi connectivity index (χ2n) is 10.1. The topological polar surface area (TPSA) is 78.9 Å². The summed E-state index contributed by atoms with van der Waals surface area (Å²) in [7, 11) is -3.84. The third-order valence-corrected chi connectivity index (χ3v) is 10.5. The Morgan fingerprint density at radius 2 is 1.70 bits per heavy atom. The first-order valence-electron chi connectivity index (χ1n) is 13.1. The Morgan fingerprint density at radius 1 is 1.00 bits per heavy atom. The van der Waals surface area contributed by atoms with E-state index >= 15 is 0 Å². The Hall–Kier alpha value is -2.50. The van der Waals surface area contributed by atoms with Crippen molar-refractivity contribution in [3.05, 3.63) is 93.2 Å². The van der Waals surface area contributed by atoms with Gasteiger partial charge in [0.25, 0.3) is 5.91 Å². The fraction of sp³-hybridized carbons (Fsp3) is 0.345. The molecular formula is C29H30BrClFN3O4S. The summed E-state index contributed by atoms with van der Waals surface area (Å²) in [6.45, 7) is 2.70. The number of sulfonamides is 1. The van der Waals surface area contributed by atoms with Crippen molar-refractivity contribution in [2.45, 2.75) is 29.7 Å². The first kappa shape index (κ1) is 29.0. The molecule has 2 saturated heterocycles. The number of hydrogen-bond acceptors (Lipinski definition) is 5. The van der Waals surface area contributed by atoms with Gasteiger partial charge < -0.3 is 15.0 Å². The number of nitrogens with zero attached hydrogens (tertiary/aromatic N) is 2. The summed E-state index contributed by atoms with van der Waals surface area (Å²) in [6, 6.07) is 18.6. The van der Waals surface area contributed by atoms with Crippen LogP contribution in [0.2, 0.25) is 5.02 Å². The first-order valence-corrected chi connectivity index (χ1v) is 15.7. The Morgan fingerprint density at radius 3 is 2.38 bits per heavy atom. The molecule has 0 bridgehead atoms. The third kappa shape index (κ3) is 6.36. The summed E-state index contributed by atoms with van der Waals surface area (Å²) >= 11 is 9.86. The van der Waals surface area contributed by atoms with Crippen LogP contribution < -0.4 is 10.2 Å². The van der Waals surface area contributed by atoms with Crippen LogP contribution in [0.1, 0.15) is 28.8 Å². The van der Waals surface area contributed by atoms with E-state index in [0.29, 0.717) is 63.1 Å². The molecule has 3 aromatic carbocycles. The van der Waals surface area contributed by atoms with Crippen LogP contribution in [0, 0.1) is 5.82 Å². The Balaban J connectivity index is 1.34. The van der Waals surface area contributed by atoms with Gasteiger partial charge in [-0.2, -0.15) is 4.31 Å². The normalized spacial score (nSPS) is 17.9. The molecule has 1 amide bonds. The van der Waals surface area contributed by atoms with Crippen LogP contribution in [0.5, 0.6) is 0 Å². The summed E-state index contributed by atoms with van der Waals surface area (Å²) in [5, 5.41) is 3.29. The molecule has 0 aliphatic carbocycles. The molecular weight excluding hydrogens is 621 g/mol. The van der Waals surface area contributed by atoms with Crippen LogP contribution >= 0.6 is 27.5 Å². The lowest BCUT2D eigenvalue weighted by Crippen LogP contribution is -2.53. The fourth-order valence-electron chi connectivity index (χ4n) is 5.26. The standard InChI is InChI=1S/C29H30BrClFN3O4S/c30-26-18-22(32)7-6-21(26)20-29(10-16-39-17-11-29)33-28(36)25-19-24(8-9-27(25)31)40(37,38)35-14-12-34(13-15-35)23-4-2-1-3-5-23/h1-9,18-19H,10-17,20H2,(H,33,36). The van der Waals surface area contributed by atoms with Crippen LogP contribution in [0.4, 0.5) is 10.1 Å². The minimum absolute atomic E-state index is 0.0255. The highest BCUT2D eigenvalue weighted by molar-refractivity contribution is 9.10. The van der Waals surface area contributed by atoms with Crippen molar-refractivity contribution in [3.63, 3.8) is 0 Å². The lowest BCUT2D eigenvalue weighted by Gasteiger charge is -2.38. The summed E-state index contributed by atoms with van der Waals surface area (Å²) in [6.07, 6.45) is 1.54. The molecule has 0 atom stereocenters. The van der Waals surface area contributed by atoms with Crippen LogP contribution in [-0.4, -0.2) is 63.6 Å². The molecule has 11 heteroatoms. The molecule has 0 saturated carbocycles. The summed E-state index contributed by atoms with van der Waals surface area (Å²) in [5.74, 6) is -0.817. The van der Waals surface area contributed by atoms with Gasteiger partial charge in [0.1, 0.15) is 5.82 Å². The summed E-state index contributed by atoms with van der Waals surface area (Å²) in [4.78, 5) is 15.8. The Bertz CT molecular complexity index is 1480. The van der Waals surface area contributed by atoms with Crippen LogP contribution in [-0.2, 0) is 21.2 Å². The fourth-order valence-corrected chi connectivity index (χ4v) is 7.40. The van der Waals surface area contributed by atoms with E-state index in [2.05, 4.69) is 26.1 Å². The van der Waals surface area contributed by atoms with Crippen molar-refractivity contribution in [2.75, 3.05) is 44.3 Å². The number of halogens is 3. The zero-order valence-electron chi connectivity index (χ0n) is 21.8. The molecule has 40 heavy (non-hydrogen) atoms. The van der Waals surface area contributed by atoms with Crippen molar-refractivity contribution in [2.24, 2.45) is 0 Å². The van der Waals surface area contributed by atoms with Crippen LogP contribution in [0.3, 0.4) is 0 Å². The monoisotopic (exact) mass is 649 g/mol. The molecule has 7 nitrogen and oxygen atoms in total. The molecule has 0 aromatic heterocycles. The summed E-state index contributed by atoms with van der Waals surface area (Å²) < 4.78 is 48.4. The largest absolute Gasteiger partial charge is 0.381 e. The molecule has 0 radical (unpaired) electrons. The number of para-hydroxylation sites is 1. The number of ether oxygens (including phenoxy) is 1. The van der Waals surface area contributed by atoms with Crippen LogP contribution in [0.15, 0.2) is 76.1 Å². The van der Waals surface area contributed by atoms with Gasteiger partial charge in [-0.25, -0.2) is 12.8 Å². The van der Waals surface area contributed by atoms with E-state index in [1.165, 1.54) is 34.6 Å². The lowest BCUT2D eigenvalue weighted by molar-refractivity contribution is 0.0359. The molecule has 2 aliphatic heterocycles. The maximum absolute atomic E-state index is 13.7. The quantitative estimate of drug-likeness (QED) is 0.377. The number of carbonyl (C=O) groups excluding carboxylic acids is 1. The highest BCUT2D eigenvalue weighted by atomic mass is 79.9. The predicted molar refractivity (Wildman–Crippen MR) is 157 cm³/mol. The van der Waals surface area contributed by atoms with E-state index in [4.69, 9.17) is 16.3 Å². The van der Waals surface area contributed by atoms with Gasteiger partial charge in [0, 0.05) is 55.1 Å². The molecule has 1 N–H and O–H groups in total. The maximum atomic E-state index is 13.7. The van der Waals surface area contributed by atoms with Crippen LogP contribution in [0.25, 0.3) is 0 Å². The second kappa shape index (κ2) is 12.2. The first-order chi connectivity index (χ1) is 19.2. The zero-order chi connectivity index (χ0) is 28.3. The van der Waals surface area contributed by atoms with Crippen molar-refractivity contribution >= 4 is 49.1 Å². The van der Waals surface area contributed by atoms with Crippen molar-refractivity contribution in [3.8, 4) is 0 Å². The molecule has 212 valence electrons. The number of hydrogen-bond donors (Lipinski definition) is 1. The second-order valence-corrected chi connectivity index (χ2v) is 13.3. The minimum Gasteiger partial charge on any atom is -0.381 e. The number of anilines is 1. The lowest BCUT2D eigenvalue weighted by atomic mass is 9.83. The van der Waals surface area contributed by atoms with Gasteiger partial charge in [-0.3, -0.25) is 4.79 Å². The van der Waals surface area contributed by atoms with E-state index in [1.54, 1.807) is 6.07 Å². The third-order valence-electron chi connectivity index (χ3n) is 7.55. The molecule has 2 heterocycles. The maximum Gasteiger partial charge on any atom is 0.253 e. The van der Waals surface area contributed by atoms with Gasteiger partial charge in [-0.15, -0.1) is 0 Å². The number of nitrogens with one attached hydrogen (secondary N) is 1. The van der Waals surface area contributed by atoms with Crippen molar-refractivity contribution in [1.82, 2.24) is 9.62 Å². The highest BCUT2D eigenvalue weighted by Crippen LogP contribution is 2.31. The van der Waals surface area contributed by atoms with Crippen molar-refractivity contribution < 1.29 is 22.3 Å². The average Bonchev–Trinajstić information content (AvgIpc) is 2.96. The van der Waals surface area contributed by atoms with Gasteiger partial charge in [-0.05, 0) is 67.3 Å². The predicted octanol–water partition coefficient (Wildman–Crippen LogP) is 5.27. The van der Waals surface area contributed by atoms with E-state index < -0.39 is 21.5 Å². The van der Waals surface area contributed by atoms with Gasteiger partial charge in [0.05, 0.1) is 15.5 Å². The van der Waals surface area contributed by atoms with E-state index in [0.717, 1.165) is 11.3 Å². The molecule has 0 spiro atoms. The van der Waals surface area contributed by atoms with Gasteiger partial charge in [0.2, 0.25) is 10.0 Å². The number of benzene rings is 3. The van der Waals surface area contributed by atoms with E-state index in [1.807, 2.05) is 30.3 Å². The number of piperazine rings is 1. The molecule has 2 aliphatic rings. The summed E-state index contributed by atoms with van der Waals surface area (Å²) in [5.41, 5.74) is 1.33. The van der Waals surface area contributed by atoms with Crippen molar-refractivity contribution in [1.29, 1.82) is 0 Å². The highest BCUT2D eigenvalue weighted by Gasteiger charge is 2.36. The Kier molecular flexibility index (Phi) is 8.82. The number of amides is 1. The SMILES string of the molecule is O=C(NC1(Cc2ccc(F)cc2Br)CCOCC1)c1cc(S(=O)(=O)N2CCN(c3ccccc3)CC2)ccc1Cl. The number of carbonyl (C=O) groups is 1.